The highest BCUT2D eigenvalue weighted by Crippen LogP contribution is 2.36. The lowest BCUT2D eigenvalue weighted by molar-refractivity contribution is -0.112. The molecule has 0 spiro atoms. The van der Waals surface area contributed by atoms with E-state index in [1.54, 1.807) is 30.5 Å². The van der Waals surface area contributed by atoms with Crippen molar-refractivity contribution in [3.63, 3.8) is 0 Å². The second kappa shape index (κ2) is 11.2. The van der Waals surface area contributed by atoms with Crippen LogP contribution in [0.3, 0.4) is 0 Å². The Labute approximate surface area is 215 Å². The molecule has 14 heteroatoms. The number of rotatable bonds is 10. The van der Waals surface area contributed by atoms with Crippen LogP contribution in [0.5, 0.6) is 0 Å². The molecule has 0 radical (unpaired) electrons. The Bertz CT molecular complexity index is 1360. The number of hydrogen-bond acceptors (Lipinski definition) is 12. The van der Waals surface area contributed by atoms with Crippen LogP contribution in [0.2, 0.25) is 5.02 Å². The molecule has 0 bridgehead atoms. The average molecular weight is 536 g/mol. The summed E-state index contributed by atoms with van der Waals surface area (Å²) in [5, 5.41) is 50.7. The third kappa shape index (κ3) is 5.37. The zero-order valence-electron chi connectivity index (χ0n) is 19.4. The Morgan fingerprint density at radius 3 is 2.50 bits per heavy atom. The first kappa shape index (κ1) is 26.4. The number of hydrogen-bond donors (Lipinski definition) is 6. The van der Waals surface area contributed by atoms with Gasteiger partial charge in [-0.3, -0.25) is 4.98 Å². The van der Waals surface area contributed by atoms with Crippen LogP contribution in [0, 0.1) is 0 Å². The minimum Gasteiger partial charge on any atom is -0.394 e. The molecule has 4 rings (SSSR count). The van der Waals surface area contributed by atoms with Crippen LogP contribution in [0.25, 0.3) is 22.2 Å². The number of aromatic amines is 1. The maximum atomic E-state index is 10.5. The SMILES string of the molecule is CCc1[nH]c2nc(Sc3cnc4nccnc4c3)nc(N(C)CC(O)C(O)C(O)C(O)CO)c2c1Cl. The largest absolute Gasteiger partial charge is 0.394 e. The van der Waals surface area contributed by atoms with Crippen molar-refractivity contribution in [2.75, 3.05) is 25.1 Å². The molecule has 0 aliphatic carbocycles. The molecule has 4 unspecified atom stereocenters. The number of aryl methyl sites for hydroxylation is 1. The normalized spacial score (nSPS) is 15.2. The zero-order chi connectivity index (χ0) is 26.0. The number of H-pyrrole nitrogens is 1. The topological polar surface area (TPSA) is 185 Å². The van der Waals surface area contributed by atoms with Crippen LogP contribution in [-0.4, -0.2) is 100 Å². The van der Waals surface area contributed by atoms with E-state index < -0.39 is 31.0 Å². The van der Waals surface area contributed by atoms with Crippen molar-refractivity contribution in [3.05, 3.63) is 35.4 Å². The monoisotopic (exact) mass is 535 g/mol. The molecule has 192 valence electrons. The lowest BCUT2D eigenvalue weighted by Crippen LogP contribution is -2.49. The molecule has 4 aromatic rings. The Hall–Kier alpha value is -2.65. The first-order chi connectivity index (χ1) is 17.2. The van der Waals surface area contributed by atoms with Crippen LogP contribution in [0.4, 0.5) is 5.82 Å². The fourth-order valence-electron chi connectivity index (χ4n) is 3.67. The third-order valence-corrected chi connectivity index (χ3v) is 6.87. The van der Waals surface area contributed by atoms with Gasteiger partial charge >= 0.3 is 0 Å². The fourth-order valence-corrected chi connectivity index (χ4v) is 4.79. The molecule has 12 nitrogen and oxygen atoms in total. The van der Waals surface area contributed by atoms with Crippen molar-refractivity contribution >= 4 is 51.4 Å². The minimum absolute atomic E-state index is 0.164. The summed E-state index contributed by atoms with van der Waals surface area (Å²) in [7, 11) is 1.64. The van der Waals surface area contributed by atoms with E-state index in [0.717, 1.165) is 10.6 Å². The fraction of sp³-hybridized carbons (Fsp3) is 0.409. The van der Waals surface area contributed by atoms with Gasteiger partial charge in [-0.05, 0) is 24.2 Å². The van der Waals surface area contributed by atoms with Gasteiger partial charge in [-0.15, -0.1) is 0 Å². The molecular formula is C22H26ClN7O5S. The van der Waals surface area contributed by atoms with Gasteiger partial charge in [-0.2, -0.15) is 0 Å². The second-order valence-corrected chi connectivity index (χ2v) is 9.59. The van der Waals surface area contributed by atoms with Crippen LogP contribution < -0.4 is 4.90 Å². The van der Waals surface area contributed by atoms with Gasteiger partial charge in [-0.25, -0.2) is 19.9 Å². The predicted octanol–water partition coefficient (Wildman–Crippen LogP) is 0.535. The van der Waals surface area contributed by atoms with Crippen LogP contribution >= 0.6 is 23.4 Å². The average Bonchev–Trinajstić information content (AvgIpc) is 3.21. The Kier molecular flexibility index (Phi) is 8.20. The number of nitrogens with zero attached hydrogens (tertiary/aromatic N) is 6. The number of pyridine rings is 1. The number of aliphatic hydroxyl groups is 5. The summed E-state index contributed by atoms with van der Waals surface area (Å²) in [5.74, 6) is 0.389. The zero-order valence-corrected chi connectivity index (χ0v) is 21.0. The van der Waals surface area contributed by atoms with Crippen molar-refractivity contribution in [3.8, 4) is 0 Å². The van der Waals surface area contributed by atoms with Crippen LogP contribution in [-0.2, 0) is 6.42 Å². The summed E-state index contributed by atoms with van der Waals surface area (Å²) < 4.78 is 0. The highest BCUT2D eigenvalue weighted by atomic mass is 35.5. The Morgan fingerprint density at radius 2 is 1.78 bits per heavy atom. The highest BCUT2D eigenvalue weighted by Gasteiger charge is 2.31. The quantitative estimate of drug-likeness (QED) is 0.155. The molecule has 0 amide bonds. The summed E-state index contributed by atoms with van der Waals surface area (Å²) in [5.41, 5.74) is 2.40. The van der Waals surface area contributed by atoms with E-state index in [1.165, 1.54) is 11.8 Å². The molecule has 0 aliphatic rings. The van der Waals surface area contributed by atoms with E-state index >= 15 is 0 Å². The van der Waals surface area contributed by atoms with Gasteiger partial charge in [0, 0.05) is 42.8 Å². The number of aliphatic hydroxyl groups excluding tert-OH is 5. The first-order valence-corrected chi connectivity index (χ1v) is 12.3. The number of halogens is 1. The van der Waals surface area contributed by atoms with Gasteiger partial charge in [0.15, 0.2) is 10.8 Å². The van der Waals surface area contributed by atoms with Crippen molar-refractivity contribution in [2.45, 2.75) is 47.8 Å². The van der Waals surface area contributed by atoms with Gasteiger partial charge in [0.05, 0.1) is 23.1 Å². The molecule has 0 saturated heterocycles. The molecule has 0 aromatic carbocycles. The molecule has 0 saturated carbocycles. The summed E-state index contributed by atoms with van der Waals surface area (Å²) in [6.07, 6.45) is -1.10. The molecule has 4 aromatic heterocycles. The summed E-state index contributed by atoms with van der Waals surface area (Å²) in [6, 6.07) is 1.82. The maximum absolute atomic E-state index is 10.5. The Morgan fingerprint density at radius 1 is 1.06 bits per heavy atom. The van der Waals surface area contributed by atoms with Gasteiger partial charge in [0.1, 0.15) is 35.3 Å². The lowest BCUT2D eigenvalue weighted by atomic mass is 10.0. The number of aromatic nitrogens is 6. The minimum atomic E-state index is -1.74. The van der Waals surface area contributed by atoms with Crippen molar-refractivity contribution in [1.29, 1.82) is 0 Å². The molecule has 4 heterocycles. The van der Waals surface area contributed by atoms with Crippen LogP contribution in [0.1, 0.15) is 12.6 Å². The van der Waals surface area contributed by atoms with E-state index in [2.05, 4.69) is 29.9 Å². The maximum Gasteiger partial charge on any atom is 0.196 e. The van der Waals surface area contributed by atoms with E-state index in [4.69, 9.17) is 16.7 Å². The van der Waals surface area contributed by atoms with Gasteiger partial charge in [0.25, 0.3) is 0 Å². The standard InChI is InChI=1S/C22H26ClN7O5S/c1-3-11-16(23)15-20(27-11)28-22(36-10-6-12-19(26-7-10)25-5-4-24-12)29-21(15)30(2)8-13(32)17(34)18(35)14(33)9-31/h4-7,13-14,17-18,31-35H,3,8-9H2,1-2H3,(H,27,28,29). The van der Waals surface area contributed by atoms with Crippen LogP contribution in [0.15, 0.2) is 34.7 Å². The van der Waals surface area contributed by atoms with Crippen molar-refractivity contribution in [1.82, 2.24) is 29.9 Å². The number of anilines is 1. The number of nitrogens with one attached hydrogen (secondary N) is 1. The molecule has 6 N–H and O–H groups in total. The summed E-state index contributed by atoms with van der Waals surface area (Å²) in [6.45, 7) is 1.02. The van der Waals surface area contributed by atoms with Gasteiger partial charge < -0.3 is 35.4 Å². The Balaban J connectivity index is 1.67. The van der Waals surface area contributed by atoms with Crippen molar-refractivity contribution in [2.24, 2.45) is 0 Å². The molecule has 36 heavy (non-hydrogen) atoms. The van der Waals surface area contributed by atoms with Gasteiger partial charge in [0.2, 0.25) is 0 Å². The highest BCUT2D eigenvalue weighted by molar-refractivity contribution is 7.99. The summed E-state index contributed by atoms with van der Waals surface area (Å²) >= 11 is 7.87. The molecular weight excluding hydrogens is 510 g/mol. The van der Waals surface area contributed by atoms with E-state index in [1.807, 2.05) is 13.0 Å². The summed E-state index contributed by atoms with van der Waals surface area (Å²) in [4.78, 5) is 27.5. The van der Waals surface area contributed by atoms with Gasteiger partial charge in [-0.1, -0.05) is 18.5 Å². The van der Waals surface area contributed by atoms with E-state index in [0.29, 0.717) is 44.6 Å². The number of fused-ring (bicyclic) bond motifs is 2. The number of likely N-dealkylation sites (N-methyl/N-ethyl adjacent to an activating group) is 1. The predicted molar refractivity (Wildman–Crippen MR) is 134 cm³/mol. The molecule has 0 fully saturated rings. The second-order valence-electron chi connectivity index (χ2n) is 8.18. The van der Waals surface area contributed by atoms with E-state index in [9.17, 15) is 20.4 Å². The lowest BCUT2D eigenvalue weighted by Gasteiger charge is -2.29. The van der Waals surface area contributed by atoms with Crippen molar-refractivity contribution < 1.29 is 25.5 Å². The molecule has 0 aliphatic heterocycles. The van der Waals surface area contributed by atoms with E-state index in [-0.39, 0.29) is 6.54 Å². The first-order valence-electron chi connectivity index (χ1n) is 11.1. The molecule has 4 atom stereocenters. The smallest absolute Gasteiger partial charge is 0.196 e. The third-order valence-electron chi connectivity index (χ3n) is 5.63.